The third kappa shape index (κ3) is 13.7. The second kappa shape index (κ2) is 13.7. The Kier molecular flexibility index (Phi) is 13.5. The molecule has 0 N–H and O–H groups in total. The third-order valence-electron chi connectivity index (χ3n) is 2.87. The van der Waals surface area contributed by atoms with Crippen molar-refractivity contribution in [3.05, 3.63) is 12.2 Å². The lowest BCUT2D eigenvalue weighted by atomic mass is 10.1. The molecule has 0 heterocycles. The quantitative estimate of drug-likeness (QED) is 0.295. The van der Waals surface area contributed by atoms with Crippen molar-refractivity contribution in [2.24, 2.45) is 0 Å². The molecular weight excluding hydrogens is 180 g/mol. The fourth-order valence-corrected chi connectivity index (χ4v) is 1.78. The van der Waals surface area contributed by atoms with Crippen LogP contribution in [0.4, 0.5) is 0 Å². The summed E-state index contributed by atoms with van der Waals surface area (Å²) in [5, 5.41) is 0. The predicted octanol–water partition coefficient (Wildman–Crippen LogP) is 5.87. The van der Waals surface area contributed by atoms with Crippen LogP contribution in [-0.2, 0) is 0 Å². The number of hydrogen-bond acceptors (Lipinski definition) is 0. The van der Waals surface area contributed by atoms with Crippen LogP contribution in [-0.4, -0.2) is 0 Å². The molecule has 0 aromatic rings. The van der Waals surface area contributed by atoms with Crippen LogP contribution >= 0.6 is 0 Å². The van der Waals surface area contributed by atoms with Crippen LogP contribution in [0.5, 0.6) is 0 Å². The highest BCUT2D eigenvalue weighted by atomic mass is 14.0. The normalized spacial score (nSPS) is 11.3. The number of unbranched alkanes of at least 4 members (excludes halogenated alkanes) is 9. The van der Waals surface area contributed by atoms with Crippen LogP contribution in [0.25, 0.3) is 0 Å². The molecule has 0 heteroatoms. The SMILES string of the molecule is CCCC/C=C\CCCCCCCCC. The Balaban J connectivity index is 2.95. The maximum absolute atomic E-state index is 2.38. The smallest absolute Gasteiger partial charge is 0.0351 e. The van der Waals surface area contributed by atoms with Crippen LogP contribution < -0.4 is 0 Å². The molecule has 0 spiro atoms. The van der Waals surface area contributed by atoms with Gasteiger partial charge in [-0.1, -0.05) is 77.4 Å². The van der Waals surface area contributed by atoms with E-state index in [-0.39, 0.29) is 0 Å². The fourth-order valence-electron chi connectivity index (χ4n) is 1.78. The summed E-state index contributed by atoms with van der Waals surface area (Å²) in [6.07, 6.45) is 20.0. The first-order valence-electron chi connectivity index (χ1n) is 7.06. The number of hydrogen-bond donors (Lipinski definition) is 0. The third-order valence-corrected chi connectivity index (χ3v) is 2.87. The van der Waals surface area contributed by atoms with Crippen molar-refractivity contribution in [1.29, 1.82) is 0 Å². The molecule has 0 aliphatic carbocycles. The van der Waals surface area contributed by atoms with Gasteiger partial charge in [0.1, 0.15) is 0 Å². The Hall–Kier alpha value is -0.260. The van der Waals surface area contributed by atoms with E-state index >= 15 is 0 Å². The maximum Gasteiger partial charge on any atom is -0.0351 e. The first-order valence-corrected chi connectivity index (χ1v) is 7.06. The lowest BCUT2D eigenvalue weighted by molar-refractivity contribution is 0.592. The van der Waals surface area contributed by atoms with Crippen LogP contribution in [0.15, 0.2) is 12.2 Å². The van der Waals surface area contributed by atoms with Crippen molar-refractivity contribution in [3.8, 4) is 0 Å². The summed E-state index contributed by atoms with van der Waals surface area (Å²) in [5.74, 6) is 0. The first-order chi connectivity index (χ1) is 7.41. The first kappa shape index (κ1) is 14.7. The molecule has 0 radical (unpaired) electrons. The zero-order chi connectivity index (χ0) is 11.2. The molecule has 0 saturated heterocycles. The van der Waals surface area contributed by atoms with E-state index in [1.807, 2.05) is 0 Å². The summed E-state index contributed by atoms with van der Waals surface area (Å²) in [6, 6.07) is 0. The lowest BCUT2D eigenvalue weighted by Crippen LogP contribution is -1.78. The largest absolute Gasteiger partial charge is 0.0885 e. The van der Waals surface area contributed by atoms with E-state index in [1.54, 1.807) is 0 Å². The van der Waals surface area contributed by atoms with Gasteiger partial charge in [-0.2, -0.15) is 0 Å². The van der Waals surface area contributed by atoms with Gasteiger partial charge in [-0.15, -0.1) is 0 Å². The van der Waals surface area contributed by atoms with Crippen molar-refractivity contribution >= 4 is 0 Å². The van der Waals surface area contributed by atoms with Crippen LogP contribution in [0.2, 0.25) is 0 Å². The van der Waals surface area contributed by atoms with E-state index < -0.39 is 0 Å². The van der Waals surface area contributed by atoms with Gasteiger partial charge < -0.3 is 0 Å². The number of rotatable bonds is 11. The average molecular weight is 210 g/mol. The molecule has 0 saturated carbocycles. The van der Waals surface area contributed by atoms with Gasteiger partial charge in [0.2, 0.25) is 0 Å². The minimum Gasteiger partial charge on any atom is -0.0885 e. The van der Waals surface area contributed by atoms with Crippen LogP contribution in [0, 0.1) is 0 Å². The topological polar surface area (TPSA) is 0 Å². The van der Waals surface area contributed by atoms with E-state index in [1.165, 1.54) is 70.6 Å². The minimum atomic E-state index is 1.28. The number of allylic oxidation sites excluding steroid dienone is 2. The summed E-state index contributed by atoms with van der Waals surface area (Å²) in [6.45, 7) is 4.53. The zero-order valence-corrected chi connectivity index (χ0v) is 10.9. The summed E-state index contributed by atoms with van der Waals surface area (Å²) in [7, 11) is 0. The van der Waals surface area contributed by atoms with Crippen LogP contribution in [0.3, 0.4) is 0 Å². The van der Waals surface area contributed by atoms with Gasteiger partial charge >= 0.3 is 0 Å². The Morgan fingerprint density at radius 2 is 1.00 bits per heavy atom. The van der Waals surface area contributed by atoms with Crippen molar-refractivity contribution in [2.75, 3.05) is 0 Å². The molecule has 90 valence electrons. The highest BCUT2D eigenvalue weighted by molar-refractivity contribution is 4.80. The molecule has 0 aliphatic heterocycles. The molecule has 0 amide bonds. The monoisotopic (exact) mass is 210 g/mol. The molecule has 0 aromatic heterocycles. The van der Waals surface area contributed by atoms with E-state index in [0.29, 0.717) is 0 Å². The molecule has 15 heavy (non-hydrogen) atoms. The minimum absolute atomic E-state index is 1.28. The van der Waals surface area contributed by atoms with Gasteiger partial charge in [-0.05, 0) is 19.3 Å². The van der Waals surface area contributed by atoms with Gasteiger partial charge in [0.15, 0.2) is 0 Å². The molecule has 0 atom stereocenters. The zero-order valence-electron chi connectivity index (χ0n) is 10.9. The summed E-state index contributed by atoms with van der Waals surface area (Å²) < 4.78 is 0. The molecule has 0 rings (SSSR count). The van der Waals surface area contributed by atoms with E-state index in [9.17, 15) is 0 Å². The van der Waals surface area contributed by atoms with Crippen molar-refractivity contribution in [2.45, 2.75) is 84.5 Å². The Labute approximate surface area is 97.2 Å². The van der Waals surface area contributed by atoms with Gasteiger partial charge in [-0.3, -0.25) is 0 Å². The summed E-state index contributed by atoms with van der Waals surface area (Å²) >= 11 is 0. The Morgan fingerprint density at radius 3 is 1.60 bits per heavy atom. The van der Waals surface area contributed by atoms with Gasteiger partial charge in [0, 0.05) is 0 Å². The highest BCUT2D eigenvalue weighted by Crippen LogP contribution is 2.08. The van der Waals surface area contributed by atoms with E-state index in [4.69, 9.17) is 0 Å². The van der Waals surface area contributed by atoms with Crippen molar-refractivity contribution in [3.63, 3.8) is 0 Å². The van der Waals surface area contributed by atoms with Gasteiger partial charge in [0.05, 0.1) is 0 Å². The molecule has 0 aromatic carbocycles. The van der Waals surface area contributed by atoms with Gasteiger partial charge in [-0.25, -0.2) is 0 Å². The average Bonchev–Trinajstić information content (AvgIpc) is 2.26. The summed E-state index contributed by atoms with van der Waals surface area (Å²) in [5.41, 5.74) is 0. The predicted molar refractivity (Wildman–Crippen MR) is 71.3 cm³/mol. The molecule has 0 fully saturated rings. The Bertz CT molecular complexity index is 124. The fraction of sp³-hybridized carbons (Fsp3) is 0.867. The molecular formula is C15H30. The second-order valence-corrected chi connectivity index (χ2v) is 4.52. The van der Waals surface area contributed by atoms with Crippen molar-refractivity contribution in [1.82, 2.24) is 0 Å². The highest BCUT2D eigenvalue weighted by Gasteiger charge is 1.89. The van der Waals surface area contributed by atoms with Crippen LogP contribution in [0.1, 0.15) is 84.5 Å². The molecule has 0 nitrogen and oxygen atoms in total. The standard InChI is InChI=1S/C15H30/c1-3-5-7-9-11-13-15-14-12-10-8-6-4-2/h9,11H,3-8,10,12-15H2,1-2H3/b11-9-. The van der Waals surface area contributed by atoms with E-state index in [0.717, 1.165) is 0 Å². The molecule has 0 aliphatic rings. The molecule has 0 unspecified atom stereocenters. The van der Waals surface area contributed by atoms with Crippen molar-refractivity contribution < 1.29 is 0 Å². The molecule has 0 bridgehead atoms. The maximum atomic E-state index is 2.38. The lowest BCUT2D eigenvalue weighted by Gasteiger charge is -1.98. The summed E-state index contributed by atoms with van der Waals surface area (Å²) in [4.78, 5) is 0. The van der Waals surface area contributed by atoms with E-state index in [2.05, 4.69) is 26.0 Å². The Morgan fingerprint density at radius 1 is 0.533 bits per heavy atom. The van der Waals surface area contributed by atoms with Gasteiger partial charge in [0.25, 0.3) is 0 Å². The second-order valence-electron chi connectivity index (χ2n) is 4.52.